The molecule has 0 spiro atoms. The van der Waals surface area contributed by atoms with Gasteiger partial charge in [-0.25, -0.2) is 4.39 Å². The summed E-state index contributed by atoms with van der Waals surface area (Å²) in [7, 11) is 0. The van der Waals surface area contributed by atoms with E-state index in [0.29, 0.717) is 16.3 Å². The van der Waals surface area contributed by atoms with E-state index < -0.39 is 11.9 Å². The number of aromatic nitrogens is 3. The second-order valence-electron chi connectivity index (χ2n) is 4.99. The number of H-pyrrole nitrogens is 1. The number of hydrogen-bond acceptors (Lipinski definition) is 4. The first-order chi connectivity index (χ1) is 11.5. The quantitative estimate of drug-likeness (QED) is 0.645. The number of benzene rings is 1. The molecule has 0 bridgehead atoms. The second-order valence-corrected chi connectivity index (χ2v) is 6.74. The Morgan fingerprint density at radius 2 is 2.29 bits per heavy atom. The predicted octanol–water partition coefficient (Wildman–Crippen LogP) is 4.66. The van der Waals surface area contributed by atoms with Gasteiger partial charge in [-0.15, -0.1) is 11.3 Å². The molecule has 5 nitrogen and oxygen atoms in total. The molecule has 0 aliphatic carbocycles. The van der Waals surface area contributed by atoms with Gasteiger partial charge in [-0.2, -0.15) is 5.10 Å². The number of anilines is 1. The van der Waals surface area contributed by atoms with Crippen molar-refractivity contribution in [2.75, 3.05) is 5.32 Å². The van der Waals surface area contributed by atoms with Crippen LogP contribution in [0.3, 0.4) is 0 Å². The Morgan fingerprint density at radius 1 is 1.50 bits per heavy atom. The van der Waals surface area contributed by atoms with Gasteiger partial charge in [0.05, 0.1) is 9.90 Å². The van der Waals surface area contributed by atoms with E-state index in [1.165, 1.54) is 29.5 Å². The van der Waals surface area contributed by atoms with E-state index in [-0.39, 0.29) is 10.9 Å². The average Bonchev–Trinajstić information content (AvgIpc) is 3.19. The molecule has 0 aliphatic heterocycles. The summed E-state index contributed by atoms with van der Waals surface area (Å²) in [5.41, 5.74) is 0.321. The maximum Gasteiger partial charge on any atom is 0.247 e. The van der Waals surface area contributed by atoms with E-state index in [1.807, 2.05) is 17.5 Å². The third kappa shape index (κ3) is 3.26. The number of nitrogens with zero attached hydrogens (tertiary/aromatic N) is 2. The van der Waals surface area contributed by atoms with E-state index >= 15 is 0 Å². The second kappa shape index (κ2) is 6.84. The van der Waals surface area contributed by atoms with Gasteiger partial charge in [0.2, 0.25) is 5.91 Å². The SMILES string of the molecule is C[C@@H](C(=O)Nc1ccc(Cl)c(F)c1)n1c(-c2cccs2)n[nH]c1=S. The number of aromatic amines is 1. The zero-order valence-electron chi connectivity index (χ0n) is 12.4. The van der Waals surface area contributed by atoms with Gasteiger partial charge in [0.25, 0.3) is 0 Å². The van der Waals surface area contributed by atoms with E-state index in [2.05, 4.69) is 15.5 Å². The van der Waals surface area contributed by atoms with Crippen LogP contribution in [0.4, 0.5) is 10.1 Å². The number of carbonyl (C=O) groups excluding carboxylic acids is 1. The van der Waals surface area contributed by atoms with Crippen molar-refractivity contribution in [3.63, 3.8) is 0 Å². The van der Waals surface area contributed by atoms with Crippen LogP contribution < -0.4 is 5.32 Å². The molecule has 2 N–H and O–H groups in total. The highest BCUT2D eigenvalue weighted by atomic mass is 35.5. The van der Waals surface area contributed by atoms with Crippen molar-refractivity contribution in [1.82, 2.24) is 14.8 Å². The summed E-state index contributed by atoms with van der Waals surface area (Å²) < 4.78 is 15.5. The topological polar surface area (TPSA) is 62.7 Å². The molecule has 2 heterocycles. The lowest BCUT2D eigenvalue weighted by atomic mass is 10.2. The molecule has 0 fully saturated rings. The number of nitrogens with one attached hydrogen (secondary N) is 2. The third-order valence-corrected chi connectivity index (χ3v) is 4.86. The van der Waals surface area contributed by atoms with Gasteiger partial charge in [0.15, 0.2) is 10.6 Å². The number of hydrogen-bond donors (Lipinski definition) is 2. The zero-order valence-corrected chi connectivity index (χ0v) is 14.8. The molecule has 3 rings (SSSR count). The van der Waals surface area contributed by atoms with Crippen molar-refractivity contribution in [2.24, 2.45) is 0 Å². The fraction of sp³-hybridized carbons (Fsp3) is 0.133. The number of rotatable bonds is 4. The van der Waals surface area contributed by atoms with Crippen LogP contribution in [0, 0.1) is 10.6 Å². The lowest BCUT2D eigenvalue weighted by Gasteiger charge is -2.15. The smallest absolute Gasteiger partial charge is 0.247 e. The van der Waals surface area contributed by atoms with E-state index in [4.69, 9.17) is 23.8 Å². The first kappa shape index (κ1) is 16.8. The molecule has 124 valence electrons. The summed E-state index contributed by atoms with van der Waals surface area (Å²) in [5.74, 6) is -0.353. The minimum Gasteiger partial charge on any atom is -0.324 e. The van der Waals surface area contributed by atoms with Crippen LogP contribution >= 0.6 is 35.2 Å². The summed E-state index contributed by atoms with van der Waals surface area (Å²) in [5, 5.41) is 11.5. The van der Waals surface area contributed by atoms with Crippen LogP contribution in [0.5, 0.6) is 0 Å². The van der Waals surface area contributed by atoms with Gasteiger partial charge in [-0.1, -0.05) is 17.7 Å². The molecule has 24 heavy (non-hydrogen) atoms. The summed E-state index contributed by atoms with van der Waals surface area (Å²) in [4.78, 5) is 13.4. The molecule has 0 unspecified atom stereocenters. The van der Waals surface area contributed by atoms with Crippen molar-refractivity contribution in [3.8, 4) is 10.7 Å². The highest BCUT2D eigenvalue weighted by molar-refractivity contribution is 7.71. The van der Waals surface area contributed by atoms with Crippen molar-refractivity contribution in [3.05, 3.63) is 51.3 Å². The van der Waals surface area contributed by atoms with Gasteiger partial charge < -0.3 is 5.32 Å². The molecule has 1 atom stereocenters. The Morgan fingerprint density at radius 3 is 2.96 bits per heavy atom. The van der Waals surface area contributed by atoms with Crippen molar-refractivity contribution in [2.45, 2.75) is 13.0 Å². The van der Waals surface area contributed by atoms with Crippen LogP contribution in [-0.2, 0) is 4.79 Å². The molecule has 0 saturated carbocycles. The average molecular weight is 383 g/mol. The number of halogens is 2. The molecule has 1 aromatic carbocycles. The Kier molecular flexibility index (Phi) is 4.79. The minimum atomic E-state index is -0.632. The summed E-state index contributed by atoms with van der Waals surface area (Å²) in [6, 6.07) is 7.24. The van der Waals surface area contributed by atoms with E-state index in [0.717, 1.165) is 4.88 Å². The highest BCUT2D eigenvalue weighted by Crippen LogP contribution is 2.26. The first-order valence-corrected chi connectivity index (χ1v) is 8.60. The molecule has 0 saturated heterocycles. The predicted molar refractivity (Wildman–Crippen MR) is 95.5 cm³/mol. The maximum absolute atomic E-state index is 13.5. The van der Waals surface area contributed by atoms with Gasteiger partial charge in [-0.3, -0.25) is 14.5 Å². The van der Waals surface area contributed by atoms with Crippen molar-refractivity contribution in [1.29, 1.82) is 0 Å². The number of amides is 1. The van der Waals surface area contributed by atoms with E-state index in [9.17, 15) is 9.18 Å². The van der Waals surface area contributed by atoms with Crippen LogP contribution in [0.2, 0.25) is 5.02 Å². The Bertz CT molecular complexity index is 935. The van der Waals surface area contributed by atoms with E-state index in [1.54, 1.807) is 11.5 Å². The summed E-state index contributed by atoms with van der Waals surface area (Å²) >= 11 is 12.4. The third-order valence-electron chi connectivity index (χ3n) is 3.40. The largest absolute Gasteiger partial charge is 0.324 e. The van der Waals surface area contributed by atoms with Crippen LogP contribution in [0.15, 0.2) is 35.7 Å². The highest BCUT2D eigenvalue weighted by Gasteiger charge is 2.21. The number of carbonyl (C=O) groups is 1. The monoisotopic (exact) mass is 382 g/mol. The fourth-order valence-corrected chi connectivity index (χ4v) is 3.30. The number of thiophene rings is 1. The Labute approximate surface area is 151 Å². The molecule has 0 radical (unpaired) electrons. The molecular weight excluding hydrogens is 371 g/mol. The zero-order chi connectivity index (χ0) is 17.3. The molecule has 9 heteroatoms. The molecule has 0 aliphatic rings. The first-order valence-electron chi connectivity index (χ1n) is 6.94. The Hall–Kier alpha value is -2.03. The van der Waals surface area contributed by atoms with Crippen LogP contribution in [0.25, 0.3) is 10.7 Å². The normalized spacial score (nSPS) is 12.1. The van der Waals surface area contributed by atoms with Gasteiger partial charge in [0.1, 0.15) is 11.9 Å². The fourth-order valence-electron chi connectivity index (χ4n) is 2.18. The summed E-state index contributed by atoms with van der Waals surface area (Å²) in [6.45, 7) is 1.70. The van der Waals surface area contributed by atoms with Crippen molar-refractivity contribution >= 4 is 46.8 Å². The van der Waals surface area contributed by atoms with Crippen LogP contribution in [0.1, 0.15) is 13.0 Å². The summed E-state index contributed by atoms with van der Waals surface area (Å²) in [6.07, 6.45) is 0. The molecular formula is C15H12ClFN4OS2. The van der Waals surface area contributed by atoms with Gasteiger partial charge in [0, 0.05) is 5.69 Å². The van der Waals surface area contributed by atoms with Crippen LogP contribution in [-0.4, -0.2) is 20.7 Å². The minimum absolute atomic E-state index is 0.00177. The van der Waals surface area contributed by atoms with Crippen molar-refractivity contribution < 1.29 is 9.18 Å². The van der Waals surface area contributed by atoms with Gasteiger partial charge >= 0.3 is 0 Å². The molecule has 2 aromatic heterocycles. The standard InChI is InChI=1S/C15H12ClFN4OS2/c1-8(14(22)18-9-4-5-10(16)11(17)7-9)21-13(19-20-15(21)23)12-3-2-6-24-12/h2-8H,1H3,(H,18,22)(H,20,23)/t8-/m0/s1. The van der Waals surface area contributed by atoms with Gasteiger partial charge in [-0.05, 0) is 48.8 Å². The lowest BCUT2D eigenvalue weighted by Crippen LogP contribution is -2.24. The molecule has 3 aromatic rings. The molecule has 1 amide bonds. The Balaban J connectivity index is 1.88. The maximum atomic E-state index is 13.5. The lowest BCUT2D eigenvalue weighted by molar-refractivity contribution is -0.118.